The third kappa shape index (κ3) is 7.09. The Labute approximate surface area is 215 Å². The van der Waals surface area contributed by atoms with E-state index in [0.29, 0.717) is 52.5 Å². The predicted octanol–water partition coefficient (Wildman–Crippen LogP) is 4.59. The van der Waals surface area contributed by atoms with Crippen LogP contribution in [0.1, 0.15) is 16.2 Å². The number of nitrogens with zero attached hydrogens (tertiary/aromatic N) is 3. The van der Waals surface area contributed by atoms with Crippen molar-refractivity contribution in [3.63, 3.8) is 0 Å². The lowest BCUT2D eigenvalue weighted by Gasteiger charge is -2.09. The summed E-state index contributed by atoms with van der Waals surface area (Å²) in [5.41, 5.74) is 1.15. The Bertz CT molecular complexity index is 1170. The number of allylic oxidation sites excluding steroid dienone is 1. The Morgan fingerprint density at radius 1 is 1.24 bits per heavy atom. The summed E-state index contributed by atoms with van der Waals surface area (Å²) in [7, 11) is 1.58. The monoisotopic (exact) mass is 563 g/mol. The van der Waals surface area contributed by atoms with Crippen molar-refractivity contribution < 1.29 is 14.3 Å². The fourth-order valence-electron chi connectivity index (χ4n) is 2.96. The van der Waals surface area contributed by atoms with Gasteiger partial charge in [0.2, 0.25) is 5.91 Å². The van der Waals surface area contributed by atoms with Crippen molar-refractivity contribution in [2.45, 2.75) is 18.1 Å². The number of anilines is 1. The molecule has 11 heteroatoms. The van der Waals surface area contributed by atoms with E-state index < -0.39 is 0 Å². The molecule has 2 N–H and O–H groups in total. The minimum absolute atomic E-state index is 0.150. The van der Waals surface area contributed by atoms with Crippen molar-refractivity contribution >= 4 is 56.8 Å². The van der Waals surface area contributed by atoms with Crippen molar-refractivity contribution in [2.75, 3.05) is 24.7 Å². The van der Waals surface area contributed by atoms with E-state index in [-0.39, 0.29) is 17.6 Å². The molecule has 0 saturated carbocycles. The smallest absolute Gasteiger partial charge is 0.251 e. The first kappa shape index (κ1) is 25.8. The number of hydrogen-bond donors (Lipinski definition) is 2. The number of benzene rings is 2. The number of aromatic nitrogens is 3. The number of methoxy groups -OCH3 is 1. The molecule has 3 aromatic rings. The van der Waals surface area contributed by atoms with Crippen LogP contribution in [0.25, 0.3) is 0 Å². The predicted molar refractivity (Wildman–Crippen MR) is 138 cm³/mol. The average molecular weight is 565 g/mol. The molecule has 1 aromatic heterocycles. The SMILES string of the molecule is C=CCn1c(CCNC(=O)c2ccc(OC)cc2)nnc1SCC(=O)Nc1ccc(Br)c(Cl)c1. The van der Waals surface area contributed by atoms with E-state index >= 15 is 0 Å². The summed E-state index contributed by atoms with van der Waals surface area (Å²) in [5.74, 6) is 1.16. The first-order valence-electron chi connectivity index (χ1n) is 10.2. The fourth-order valence-corrected chi connectivity index (χ4v) is 4.15. The normalized spacial score (nSPS) is 10.6. The van der Waals surface area contributed by atoms with E-state index in [1.165, 1.54) is 11.8 Å². The van der Waals surface area contributed by atoms with Crippen molar-refractivity contribution in [2.24, 2.45) is 0 Å². The molecule has 178 valence electrons. The standard InChI is InChI=1S/C23H23BrClN5O3S/c1-3-12-30-20(10-11-26-22(32)15-4-7-17(33-2)8-5-15)28-29-23(30)34-14-21(31)27-16-6-9-18(24)19(25)13-16/h3-9,13H,1,10-12,14H2,2H3,(H,26,32)(H,27,31). The van der Waals surface area contributed by atoms with Crippen LogP contribution in [-0.2, 0) is 17.8 Å². The van der Waals surface area contributed by atoms with E-state index in [1.807, 2.05) is 4.57 Å². The number of carbonyl (C=O) groups excluding carboxylic acids is 2. The third-order valence-corrected chi connectivity index (χ3v) is 6.83. The van der Waals surface area contributed by atoms with Gasteiger partial charge in [0.1, 0.15) is 11.6 Å². The molecule has 1 heterocycles. The van der Waals surface area contributed by atoms with Gasteiger partial charge in [0.15, 0.2) is 5.16 Å². The van der Waals surface area contributed by atoms with Crippen LogP contribution in [0.5, 0.6) is 5.75 Å². The van der Waals surface area contributed by atoms with E-state index in [2.05, 4.69) is 43.3 Å². The largest absolute Gasteiger partial charge is 0.497 e. The lowest BCUT2D eigenvalue weighted by molar-refractivity contribution is -0.113. The quantitative estimate of drug-likeness (QED) is 0.261. The molecule has 0 bridgehead atoms. The van der Waals surface area contributed by atoms with Gasteiger partial charge in [-0.25, -0.2) is 0 Å². The molecule has 0 aliphatic rings. The molecule has 0 atom stereocenters. The maximum absolute atomic E-state index is 12.4. The van der Waals surface area contributed by atoms with Crippen LogP contribution >= 0.6 is 39.3 Å². The lowest BCUT2D eigenvalue weighted by Crippen LogP contribution is -2.26. The lowest BCUT2D eigenvalue weighted by atomic mass is 10.2. The number of halogens is 2. The van der Waals surface area contributed by atoms with E-state index in [1.54, 1.807) is 55.7 Å². The van der Waals surface area contributed by atoms with Crippen molar-refractivity contribution in [1.29, 1.82) is 0 Å². The number of thioether (sulfide) groups is 1. The van der Waals surface area contributed by atoms with Gasteiger partial charge in [-0.15, -0.1) is 16.8 Å². The van der Waals surface area contributed by atoms with Gasteiger partial charge in [-0.3, -0.25) is 9.59 Å². The molecular formula is C23H23BrClN5O3S. The highest BCUT2D eigenvalue weighted by molar-refractivity contribution is 9.10. The molecule has 0 aliphatic heterocycles. The maximum atomic E-state index is 12.4. The van der Waals surface area contributed by atoms with Crippen LogP contribution in [-0.4, -0.2) is 46.0 Å². The molecule has 0 radical (unpaired) electrons. The molecule has 2 aromatic carbocycles. The van der Waals surface area contributed by atoms with Gasteiger partial charge in [-0.05, 0) is 58.4 Å². The van der Waals surface area contributed by atoms with E-state index in [9.17, 15) is 9.59 Å². The molecule has 8 nitrogen and oxygen atoms in total. The molecule has 0 fully saturated rings. The Kier molecular flexibility index (Phi) is 9.55. The summed E-state index contributed by atoms with van der Waals surface area (Å²) in [6, 6.07) is 12.1. The van der Waals surface area contributed by atoms with Crippen molar-refractivity contribution in [3.05, 3.63) is 76.0 Å². The number of nitrogens with one attached hydrogen (secondary N) is 2. The number of rotatable bonds is 11. The molecule has 3 rings (SSSR count). The van der Waals surface area contributed by atoms with Gasteiger partial charge >= 0.3 is 0 Å². The van der Waals surface area contributed by atoms with Crippen molar-refractivity contribution in [1.82, 2.24) is 20.1 Å². The van der Waals surface area contributed by atoms with Crippen LogP contribution in [0.4, 0.5) is 5.69 Å². The summed E-state index contributed by atoms with van der Waals surface area (Å²) in [4.78, 5) is 24.7. The zero-order valence-corrected chi connectivity index (χ0v) is 21.5. The number of ether oxygens (including phenoxy) is 1. The highest BCUT2D eigenvalue weighted by Gasteiger charge is 2.14. The highest BCUT2D eigenvalue weighted by Crippen LogP contribution is 2.26. The Morgan fingerprint density at radius 3 is 2.68 bits per heavy atom. The highest BCUT2D eigenvalue weighted by atomic mass is 79.9. The van der Waals surface area contributed by atoms with Gasteiger partial charge < -0.3 is 19.9 Å². The Hall–Kier alpha value is -2.82. The Balaban J connectivity index is 1.54. The topological polar surface area (TPSA) is 98.1 Å². The number of carbonyl (C=O) groups is 2. The summed E-state index contributed by atoms with van der Waals surface area (Å²) in [6.07, 6.45) is 2.21. The molecule has 2 amide bonds. The van der Waals surface area contributed by atoms with Gasteiger partial charge in [0.05, 0.1) is 17.9 Å². The van der Waals surface area contributed by atoms with Gasteiger partial charge in [-0.1, -0.05) is 29.4 Å². The van der Waals surface area contributed by atoms with Crippen LogP contribution < -0.4 is 15.4 Å². The van der Waals surface area contributed by atoms with Crippen LogP contribution in [0, 0.1) is 0 Å². The molecule has 0 saturated heterocycles. The zero-order chi connectivity index (χ0) is 24.5. The zero-order valence-electron chi connectivity index (χ0n) is 18.4. The average Bonchev–Trinajstić information content (AvgIpc) is 3.21. The fraction of sp³-hybridized carbons (Fsp3) is 0.217. The molecular weight excluding hydrogens is 542 g/mol. The minimum Gasteiger partial charge on any atom is -0.497 e. The summed E-state index contributed by atoms with van der Waals surface area (Å²) in [6.45, 7) is 4.66. The summed E-state index contributed by atoms with van der Waals surface area (Å²) in [5, 5.41) is 15.2. The maximum Gasteiger partial charge on any atom is 0.251 e. The number of hydrogen-bond acceptors (Lipinski definition) is 6. The van der Waals surface area contributed by atoms with Gasteiger partial charge in [0.25, 0.3) is 5.91 Å². The molecule has 0 unspecified atom stereocenters. The molecule has 34 heavy (non-hydrogen) atoms. The number of amides is 2. The van der Waals surface area contributed by atoms with E-state index in [0.717, 1.165) is 4.47 Å². The second-order valence-electron chi connectivity index (χ2n) is 7.00. The Morgan fingerprint density at radius 2 is 2.00 bits per heavy atom. The van der Waals surface area contributed by atoms with Crippen LogP contribution in [0.3, 0.4) is 0 Å². The second kappa shape index (κ2) is 12.6. The second-order valence-corrected chi connectivity index (χ2v) is 9.20. The first-order chi connectivity index (χ1) is 16.4. The van der Waals surface area contributed by atoms with Crippen LogP contribution in [0.15, 0.2) is 64.7 Å². The van der Waals surface area contributed by atoms with Gasteiger partial charge in [0, 0.05) is 35.2 Å². The summed E-state index contributed by atoms with van der Waals surface area (Å²) >= 11 is 10.7. The third-order valence-electron chi connectivity index (χ3n) is 4.63. The molecule has 0 aliphatic carbocycles. The van der Waals surface area contributed by atoms with E-state index in [4.69, 9.17) is 16.3 Å². The minimum atomic E-state index is -0.190. The van der Waals surface area contributed by atoms with Crippen LogP contribution in [0.2, 0.25) is 5.02 Å². The molecule has 0 spiro atoms. The first-order valence-corrected chi connectivity index (χ1v) is 12.4. The van der Waals surface area contributed by atoms with Gasteiger partial charge in [-0.2, -0.15) is 0 Å². The summed E-state index contributed by atoms with van der Waals surface area (Å²) < 4.78 is 7.74. The van der Waals surface area contributed by atoms with Crippen molar-refractivity contribution in [3.8, 4) is 5.75 Å².